The van der Waals surface area contributed by atoms with Crippen LogP contribution in [0.1, 0.15) is 38.7 Å². The van der Waals surface area contributed by atoms with Gasteiger partial charge in [0.2, 0.25) is 5.91 Å². The van der Waals surface area contributed by atoms with Gasteiger partial charge in [0.25, 0.3) is 0 Å². The van der Waals surface area contributed by atoms with Crippen LogP contribution in [0, 0.1) is 12.8 Å². The van der Waals surface area contributed by atoms with Crippen LogP contribution in [0.4, 0.5) is 16.2 Å². The van der Waals surface area contributed by atoms with Crippen LogP contribution in [0.2, 0.25) is 0 Å². The fourth-order valence-electron chi connectivity index (χ4n) is 3.99. The predicted molar refractivity (Wildman–Crippen MR) is 120 cm³/mol. The molecule has 2 saturated heterocycles. The lowest BCUT2D eigenvalue weighted by Crippen LogP contribution is -2.38. The van der Waals surface area contributed by atoms with Gasteiger partial charge in [-0.15, -0.1) is 0 Å². The number of carbonyl (C=O) groups is 2. The van der Waals surface area contributed by atoms with Gasteiger partial charge in [0.05, 0.1) is 13.2 Å². The van der Waals surface area contributed by atoms with Crippen molar-refractivity contribution in [2.75, 3.05) is 62.6 Å². The Morgan fingerprint density at radius 2 is 1.80 bits per heavy atom. The highest BCUT2D eigenvalue weighted by atomic mass is 16.6. The highest BCUT2D eigenvalue weighted by molar-refractivity contribution is 5.93. The van der Waals surface area contributed by atoms with Crippen molar-refractivity contribution in [3.63, 3.8) is 0 Å². The molecule has 7 heteroatoms. The van der Waals surface area contributed by atoms with Crippen molar-refractivity contribution in [2.24, 2.45) is 5.92 Å². The van der Waals surface area contributed by atoms with Crippen LogP contribution >= 0.6 is 0 Å². The summed E-state index contributed by atoms with van der Waals surface area (Å²) in [6.07, 6.45) is 3.09. The maximum atomic E-state index is 12.6. The summed E-state index contributed by atoms with van der Waals surface area (Å²) >= 11 is 0. The summed E-state index contributed by atoms with van der Waals surface area (Å²) in [5.41, 5.74) is 3.19. The Morgan fingerprint density at radius 3 is 2.50 bits per heavy atom. The third-order valence-corrected chi connectivity index (χ3v) is 5.71. The monoisotopic (exact) mass is 416 g/mol. The molecule has 0 spiro atoms. The highest BCUT2D eigenvalue weighted by Gasteiger charge is 2.22. The van der Waals surface area contributed by atoms with E-state index in [2.05, 4.69) is 27.2 Å². The number of aryl methyl sites for hydroxylation is 1. The van der Waals surface area contributed by atoms with Crippen molar-refractivity contribution >= 4 is 23.4 Å². The molecule has 2 heterocycles. The maximum Gasteiger partial charge on any atom is 0.409 e. The van der Waals surface area contributed by atoms with Crippen molar-refractivity contribution in [3.8, 4) is 0 Å². The molecule has 0 unspecified atom stereocenters. The smallest absolute Gasteiger partial charge is 0.409 e. The first-order valence-corrected chi connectivity index (χ1v) is 11.2. The molecule has 2 aliphatic rings. The van der Waals surface area contributed by atoms with Crippen molar-refractivity contribution in [2.45, 2.75) is 40.0 Å². The lowest BCUT2D eigenvalue weighted by molar-refractivity contribution is -0.117. The Balaban J connectivity index is 1.47. The third kappa shape index (κ3) is 6.36. The van der Waals surface area contributed by atoms with Crippen LogP contribution in [0.25, 0.3) is 0 Å². The summed E-state index contributed by atoms with van der Waals surface area (Å²) in [7, 11) is 0. The summed E-state index contributed by atoms with van der Waals surface area (Å²) in [6.45, 7) is 11.8. The molecule has 2 aliphatic heterocycles. The SMILES string of the molecule is Cc1cc(N2CCCC2)ccc1NC(=O)CN1CCCN(C(=O)OCC(C)C)CC1. The van der Waals surface area contributed by atoms with Crippen LogP contribution in [-0.2, 0) is 9.53 Å². The average molecular weight is 417 g/mol. The molecule has 2 amide bonds. The fraction of sp³-hybridized carbons (Fsp3) is 0.652. The van der Waals surface area contributed by atoms with E-state index in [1.165, 1.54) is 18.5 Å². The lowest BCUT2D eigenvalue weighted by Gasteiger charge is -2.22. The number of nitrogens with zero attached hydrogens (tertiary/aromatic N) is 3. The minimum Gasteiger partial charge on any atom is -0.449 e. The number of anilines is 2. The quantitative estimate of drug-likeness (QED) is 0.771. The lowest BCUT2D eigenvalue weighted by atomic mass is 10.1. The third-order valence-electron chi connectivity index (χ3n) is 5.71. The zero-order valence-corrected chi connectivity index (χ0v) is 18.7. The van der Waals surface area contributed by atoms with Gasteiger partial charge in [-0.3, -0.25) is 9.69 Å². The zero-order chi connectivity index (χ0) is 21.5. The Hall–Kier alpha value is -2.28. The van der Waals surface area contributed by atoms with E-state index in [9.17, 15) is 9.59 Å². The Labute approximate surface area is 180 Å². The average Bonchev–Trinajstić information content (AvgIpc) is 3.15. The molecule has 1 N–H and O–H groups in total. The fourth-order valence-corrected chi connectivity index (χ4v) is 3.99. The summed E-state index contributed by atoms with van der Waals surface area (Å²) < 4.78 is 5.34. The van der Waals surface area contributed by atoms with Crippen LogP contribution in [0.5, 0.6) is 0 Å². The standard InChI is InChI=1S/C23H36N4O3/c1-18(2)17-30-23(29)27-12-6-9-25(13-14-27)16-22(28)24-21-8-7-20(15-19(21)3)26-10-4-5-11-26/h7-8,15,18H,4-6,9-14,16-17H2,1-3H3,(H,24,28). The predicted octanol–water partition coefficient (Wildman–Crippen LogP) is 3.33. The van der Waals surface area contributed by atoms with Crippen LogP contribution in [0.15, 0.2) is 18.2 Å². The first-order valence-electron chi connectivity index (χ1n) is 11.2. The Kier molecular flexibility index (Phi) is 7.96. The second-order valence-corrected chi connectivity index (χ2v) is 8.83. The first kappa shape index (κ1) is 22.4. The molecule has 0 aromatic heterocycles. The topological polar surface area (TPSA) is 65.1 Å². The minimum absolute atomic E-state index is 0.0112. The largest absolute Gasteiger partial charge is 0.449 e. The molecule has 0 saturated carbocycles. The van der Waals surface area contributed by atoms with Gasteiger partial charge in [0, 0.05) is 50.6 Å². The van der Waals surface area contributed by atoms with E-state index in [-0.39, 0.29) is 12.0 Å². The molecular formula is C23H36N4O3. The number of ether oxygens (including phenoxy) is 1. The molecule has 30 heavy (non-hydrogen) atoms. The number of hydrogen-bond acceptors (Lipinski definition) is 5. The van der Waals surface area contributed by atoms with E-state index in [1.807, 2.05) is 26.8 Å². The molecule has 0 bridgehead atoms. The number of nitrogens with one attached hydrogen (secondary N) is 1. The van der Waals surface area contributed by atoms with Crippen molar-refractivity contribution in [1.82, 2.24) is 9.80 Å². The first-order chi connectivity index (χ1) is 14.4. The number of hydrogen-bond donors (Lipinski definition) is 1. The number of carbonyl (C=O) groups excluding carboxylic acids is 2. The van der Waals surface area contributed by atoms with Gasteiger partial charge in [-0.05, 0) is 55.9 Å². The van der Waals surface area contributed by atoms with Gasteiger partial charge in [-0.1, -0.05) is 13.8 Å². The van der Waals surface area contributed by atoms with E-state index < -0.39 is 0 Å². The molecule has 0 atom stereocenters. The molecule has 3 rings (SSSR count). The molecule has 0 radical (unpaired) electrons. The van der Waals surface area contributed by atoms with E-state index in [1.54, 1.807) is 4.90 Å². The summed E-state index contributed by atoms with van der Waals surface area (Å²) in [6, 6.07) is 6.27. The van der Waals surface area contributed by atoms with Gasteiger partial charge < -0.3 is 19.9 Å². The van der Waals surface area contributed by atoms with Crippen LogP contribution < -0.4 is 10.2 Å². The Bertz CT molecular complexity index is 731. The Morgan fingerprint density at radius 1 is 1.03 bits per heavy atom. The molecule has 1 aromatic carbocycles. The van der Waals surface area contributed by atoms with E-state index >= 15 is 0 Å². The van der Waals surface area contributed by atoms with Gasteiger partial charge >= 0.3 is 6.09 Å². The van der Waals surface area contributed by atoms with E-state index in [0.717, 1.165) is 37.3 Å². The molecular weight excluding hydrogens is 380 g/mol. The van der Waals surface area contributed by atoms with Gasteiger partial charge in [0.15, 0.2) is 0 Å². The molecule has 166 valence electrons. The van der Waals surface area contributed by atoms with Gasteiger partial charge in [-0.2, -0.15) is 0 Å². The van der Waals surface area contributed by atoms with E-state index in [4.69, 9.17) is 4.74 Å². The van der Waals surface area contributed by atoms with Crippen molar-refractivity contribution < 1.29 is 14.3 Å². The van der Waals surface area contributed by atoms with E-state index in [0.29, 0.717) is 38.7 Å². The zero-order valence-electron chi connectivity index (χ0n) is 18.7. The summed E-state index contributed by atoms with van der Waals surface area (Å²) in [4.78, 5) is 31.1. The van der Waals surface area contributed by atoms with Crippen LogP contribution in [-0.4, -0.2) is 74.2 Å². The highest BCUT2D eigenvalue weighted by Crippen LogP contribution is 2.25. The van der Waals surface area contributed by atoms with Crippen molar-refractivity contribution in [3.05, 3.63) is 23.8 Å². The van der Waals surface area contributed by atoms with Gasteiger partial charge in [0.1, 0.15) is 0 Å². The second-order valence-electron chi connectivity index (χ2n) is 8.83. The number of rotatable bonds is 6. The normalized spacial score (nSPS) is 17.9. The number of amides is 2. The van der Waals surface area contributed by atoms with Crippen molar-refractivity contribution in [1.29, 1.82) is 0 Å². The van der Waals surface area contributed by atoms with Crippen LogP contribution in [0.3, 0.4) is 0 Å². The summed E-state index contributed by atoms with van der Waals surface area (Å²) in [5, 5.41) is 3.06. The van der Waals surface area contributed by atoms with Gasteiger partial charge in [-0.25, -0.2) is 4.79 Å². The minimum atomic E-state index is -0.247. The number of benzene rings is 1. The summed E-state index contributed by atoms with van der Waals surface area (Å²) in [5.74, 6) is 0.317. The molecule has 7 nitrogen and oxygen atoms in total. The molecule has 2 fully saturated rings. The molecule has 1 aromatic rings. The second kappa shape index (κ2) is 10.7. The molecule has 0 aliphatic carbocycles. The maximum absolute atomic E-state index is 12.6.